The number of guanidine groups is 1. The van der Waals surface area contributed by atoms with Gasteiger partial charge in [0.1, 0.15) is 0 Å². The number of hydrogen-bond donors (Lipinski definition) is 1. The molecule has 0 aromatic heterocycles. The minimum atomic E-state index is 0.417. The zero-order chi connectivity index (χ0) is 14.2. The van der Waals surface area contributed by atoms with Crippen molar-refractivity contribution < 1.29 is 0 Å². The molecule has 0 amide bonds. The van der Waals surface area contributed by atoms with E-state index < -0.39 is 0 Å². The lowest BCUT2D eigenvalue weighted by Gasteiger charge is -2.23. The number of benzene rings is 1. The Hall–Kier alpha value is -1.51. The molecule has 3 nitrogen and oxygen atoms in total. The van der Waals surface area contributed by atoms with Crippen LogP contribution in [0.3, 0.4) is 0 Å². The van der Waals surface area contributed by atoms with Gasteiger partial charge in [0, 0.05) is 32.1 Å². The van der Waals surface area contributed by atoms with Crippen LogP contribution in [-0.2, 0) is 0 Å². The summed E-state index contributed by atoms with van der Waals surface area (Å²) < 4.78 is 0. The van der Waals surface area contributed by atoms with E-state index in [0.29, 0.717) is 17.4 Å². The molecule has 3 rings (SSSR count). The van der Waals surface area contributed by atoms with Crippen molar-refractivity contribution in [3.63, 3.8) is 0 Å². The van der Waals surface area contributed by atoms with Gasteiger partial charge in [0.2, 0.25) is 0 Å². The average Bonchev–Trinajstić information content (AvgIpc) is 3.13. The third-order valence-electron chi connectivity index (χ3n) is 4.52. The SMILES string of the molecule is CN=C(NC1CC1c1ccccc1)N1CCC(C)(C)C1. The fraction of sp³-hybridized carbons (Fsp3) is 0.588. The second-order valence-electron chi connectivity index (χ2n) is 6.89. The van der Waals surface area contributed by atoms with Gasteiger partial charge in [-0.2, -0.15) is 0 Å². The first kappa shape index (κ1) is 13.5. The zero-order valence-corrected chi connectivity index (χ0v) is 12.8. The molecule has 1 aromatic rings. The highest BCUT2D eigenvalue weighted by atomic mass is 15.3. The van der Waals surface area contributed by atoms with Crippen molar-refractivity contribution >= 4 is 5.96 Å². The van der Waals surface area contributed by atoms with Crippen LogP contribution in [-0.4, -0.2) is 37.0 Å². The lowest BCUT2D eigenvalue weighted by Crippen LogP contribution is -2.42. The molecule has 1 heterocycles. The number of likely N-dealkylation sites (tertiary alicyclic amines) is 1. The third kappa shape index (κ3) is 2.82. The molecule has 1 aliphatic heterocycles. The molecule has 0 bridgehead atoms. The molecular formula is C17H25N3. The van der Waals surface area contributed by atoms with Crippen molar-refractivity contribution in [2.24, 2.45) is 10.4 Å². The molecule has 2 fully saturated rings. The normalized spacial score (nSPS) is 28.6. The highest BCUT2D eigenvalue weighted by Crippen LogP contribution is 2.41. The molecule has 2 atom stereocenters. The van der Waals surface area contributed by atoms with Crippen LogP contribution in [0.5, 0.6) is 0 Å². The average molecular weight is 271 g/mol. The summed E-state index contributed by atoms with van der Waals surface area (Å²) in [6.07, 6.45) is 2.47. The van der Waals surface area contributed by atoms with Gasteiger partial charge >= 0.3 is 0 Å². The summed E-state index contributed by atoms with van der Waals surface area (Å²) in [7, 11) is 1.90. The van der Waals surface area contributed by atoms with Crippen molar-refractivity contribution in [1.29, 1.82) is 0 Å². The number of hydrogen-bond acceptors (Lipinski definition) is 1. The Labute approximate surface area is 122 Å². The quantitative estimate of drug-likeness (QED) is 0.661. The first-order valence-corrected chi connectivity index (χ1v) is 7.62. The van der Waals surface area contributed by atoms with E-state index >= 15 is 0 Å². The zero-order valence-electron chi connectivity index (χ0n) is 12.8. The van der Waals surface area contributed by atoms with Crippen LogP contribution in [0, 0.1) is 5.41 Å². The van der Waals surface area contributed by atoms with Gasteiger partial charge in [-0.3, -0.25) is 4.99 Å². The third-order valence-corrected chi connectivity index (χ3v) is 4.52. The molecule has 20 heavy (non-hydrogen) atoms. The van der Waals surface area contributed by atoms with Crippen LogP contribution in [0.15, 0.2) is 35.3 Å². The number of nitrogens with zero attached hydrogens (tertiary/aromatic N) is 2. The molecule has 2 aliphatic rings. The minimum absolute atomic E-state index is 0.417. The van der Waals surface area contributed by atoms with Crippen LogP contribution in [0.2, 0.25) is 0 Å². The standard InChI is InChI=1S/C17H25N3/c1-17(2)9-10-20(12-17)16(18-3)19-15-11-14(15)13-7-5-4-6-8-13/h4-8,14-15H,9-12H2,1-3H3,(H,18,19). The van der Waals surface area contributed by atoms with Crippen molar-refractivity contribution in [1.82, 2.24) is 10.2 Å². The Balaban J connectivity index is 1.59. The summed E-state index contributed by atoms with van der Waals surface area (Å²) >= 11 is 0. The Morgan fingerprint density at radius 3 is 2.65 bits per heavy atom. The Morgan fingerprint density at radius 2 is 2.05 bits per heavy atom. The minimum Gasteiger partial charge on any atom is -0.353 e. The summed E-state index contributed by atoms with van der Waals surface area (Å²) in [5.74, 6) is 1.74. The van der Waals surface area contributed by atoms with E-state index in [1.165, 1.54) is 18.4 Å². The van der Waals surface area contributed by atoms with Crippen LogP contribution in [0.25, 0.3) is 0 Å². The summed E-state index contributed by atoms with van der Waals surface area (Å²) in [5.41, 5.74) is 1.86. The van der Waals surface area contributed by atoms with Gasteiger partial charge < -0.3 is 10.2 Å². The summed E-state index contributed by atoms with van der Waals surface area (Å²) in [4.78, 5) is 6.88. The maximum absolute atomic E-state index is 4.48. The maximum atomic E-state index is 4.48. The summed E-state index contributed by atoms with van der Waals surface area (Å²) in [6, 6.07) is 11.4. The van der Waals surface area contributed by atoms with E-state index in [4.69, 9.17) is 0 Å². The molecule has 3 heteroatoms. The highest BCUT2D eigenvalue weighted by molar-refractivity contribution is 5.81. The Bertz CT molecular complexity index is 492. The van der Waals surface area contributed by atoms with Crippen molar-refractivity contribution in [3.05, 3.63) is 35.9 Å². The summed E-state index contributed by atoms with van der Waals surface area (Å²) in [5, 5.41) is 3.64. The highest BCUT2D eigenvalue weighted by Gasteiger charge is 2.40. The van der Waals surface area contributed by atoms with Crippen LogP contribution >= 0.6 is 0 Å². The molecule has 1 saturated carbocycles. The van der Waals surface area contributed by atoms with Gasteiger partial charge in [-0.25, -0.2) is 0 Å². The largest absolute Gasteiger partial charge is 0.353 e. The molecule has 0 spiro atoms. The van der Waals surface area contributed by atoms with E-state index in [-0.39, 0.29) is 0 Å². The van der Waals surface area contributed by atoms with Crippen LogP contribution < -0.4 is 5.32 Å². The number of nitrogens with one attached hydrogen (secondary N) is 1. The number of rotatable bonds is 2. The molecule has 1 N–H and O–H groups in total. The second-order valence-corrected chi connectivity index (χ2v) is 6.89. The summed E-state index contributed by atoms with van der Waals surface area (Å²) in [6.45, 7) is 6.90. The molecule has 2 unspecified atom stereocenters. The predicted molar refractivity (Wildman–Crippen MR) is 84.1 cm³/mol. The van der Waals surface area contributed by atoms with Gasteiger partial charge in [-0.1, -0.05) is 44.2 Å². The lowest BCUT2D eigenvalue weighted by molar-refractivity contribution is 0.370. The van der Waals surface area contributed by atoms with Gasteiger partial charge in [-0.15, -0.1) is 0 Å². The van der Waals surface area contributed by atoms with Gasteiger partial charge in [0.15, 0.2) is 5.96 Å². The molecule has 0 radical (unpaired) electrons. The van der Waals surface area contributed by atoms with Crippen LogP contribution in [0.4, 0.5) is 0 Å². The number of aliphatic imine (C=N–C) groups is 1. The first-order chi connectivity index (χ1) is 9.59. The first-order valence-electron chi connectivity index (χ1n) is 7.62. The maximum Gasteiger partial charge on any atom is 0.193 e. The topological polar surface area (TPSA) is 27.6 Å². The fourth-order valence-corrected chi connectivity index (χ4v) is 3.18. The van der Waals surface area contributed by atoms with E-state index in [2.05, 4.69) is 59.4 Å². The van der Waals surface area contributed by atoms with Crippen molar-refractivity contribution in [2.45, 2.75) is 38.6 Å². The molecular weight excluding hydrogens is 246 g/mol. The van der Waals surface area contributed by atoms with E-state index in [9.17, 15) is 0 Å². The predicted octanol–water partition coefficient (Wildman–Crippen LogP) is 2.85. The van der Waals surface area contributed by atoms with Gasteiger partial charge in [0.05, 0.1) is 0 Å². The molecule has 1 saturated heterocycles. The van der Waals surface area contributed by atoms with E-state index in [1.807, 2.05) is 7.05 Å². The van der Waals surface area contributed by atoms with E-state index in [0.717, 1.165) is 19.0 Å². The van der Waals surface area contributed by atoms with E-state index in [1.54, 1.807) is 0 Å². The fourth-order valence-electron chi connectivity index (χ4n) is 3.18. The lowest BCUT2D eigenvalue weighted by atomic mass is 9.93. The Kier molecular flexibility index (Phi) is 3.45. The molecule has 1 aromatic carbocycles. The van der Waals surface area contributed by atoms with Gasteiger partial charge in [0.25, 0.3) is 0 Å². The van der Waals surface area contributed by atoms with Gasteiger partial charge in [-0.05, 0) is 23.8 Å². The van der Waals surface area contributed by atoms with Crippen LogP contribution in [0.1, 0.15) is 38.2 Å². The second kappa shape index (κ2) is 5.12. The monoisotopic (exact) mass is 271 g/mol. The van der Waals surface area contributed by atoms with Crippen molar-refractivity contribution in [3.8, 4) is 0 Å². The van der Waals surface area contributed by atoms with Crippen molar-refractivity contribution in [2.75, 3.05) is 20.1 Å². The smallest absolute Gasteiger partial charge is 0.193 e. The molecule has 1 aliphatic carbocycles. The molecule has 108 valence electrons. The Morgan fingerprint density at radius 1 is 1.30 bits per heavy atom.